The highest BCUT2D eigenvalue weighted by atomic mass is 32.1. The third-order valence-corrected chi connectivity index (χ3v) is 5.53. The summed E-state index contributed by atoms with van der Waals surface area (Å²) in [4.78, 5) is 9.87. The van der Waals surface area contributed by atoms with Gasteiger partial charge in [-0.3, -0.25) is 4.39 Å². The van der Waals surface area contributed by atoms with Gasteiger partial charge in [-0.2, -0.15) is 0 Å². The number of aliphatic hydroxyl groups excluding tert-OH is 1. The molecule has 9 heteroatoms. The fourth-order valence-electron chi connectivity index (χ4n) is 2.85. The van der Waals surface area contributed by atoms with Crippen LogP contribution in [0.5, 0.6) is 5.75 Å². The van der Waals surface area contributed by atoms with Crippen molar-refractivity contribution in [3.8, 4) is 5.75 Å². The van der Waals surface area contributed by atoms with Crippen molar-refractivity contribution >= 4 is 34.6 Å². The molecule has 1 aromatic carbocycles. The lowest BCUT2D eigenvalue weighted by atomic mass is 10.2. The number of halogens is 1. The number of hydrogen-bond donors (Lipinski definition) is 2. The molecular formula is C20H22FN3O4S. The van der Waals surface area contributed by atoms with Gasteiger partial charge in [0.2, 0.25) is 5.89 Å². The van der Waals surface area contributed by atoms with E-state index in [9.17, 15) is 4.39 Å². The first-order valence-corrected chi connectivity index (χ1v) is 10.2. The number of morpholine rings is 1. The number of aliphatic hydroxyl groups is 1. The van der Waals surface area contributed by atoms with Gasteiger partial charge in [-0.25, -0.2) is 9.97 Å². The van der Waals surface area contributed by atoms with Gasteiger partial charge in [0.05, 0.1) is 26.5 Å². The van der Waals surface area contributed by atoms with Crippen LogP contribution < -0.4 is 10.1 Å². The summed E-state index contributed by atoms with van der Waals surface area (Å²) < 4.78 is 29.7. The Morgan fingerprint density at radius 1 is 1.41 bits per heavy atom. The Labute approximate surface area is 171 Å². The predicted octanol–water partition coefficient (Wildman–Crippen LogP) is 3.07. The van der Waals surface area contributed by atoms with E-state index in [1.54, 1.807) is 35.6 Å². The van der Waals surface area contributed by atoms with Crippen LogP contribution in [0.4, 0.5) is 4.39 Å². The van der Waals surface area contributed by atoms with Crippen LogP contribution >= 0.6 is 11.3 Å². The lowest BCUT2D eigenvalue weighted by molar-refractivity contribution is 0.0275. The second kappa shape index (κ2) is 9.45. The molecule has 2 N–H and O–H groups in total. The summed E-state index contributed by atoms with van der Waals surface area (Å²) >= 11 is 1.58. The van der Waals surface area contributed by atoms with E-state index in [1.807, 2.05) is 12.3 Å². The van der Waals surface area contributed by atoms with Crippen molar-refractivity contribution in [2.75, 3.05) is 39.6 Å². The Morgan fingerprint density at radius 2 is 2.34 bits per heavy atom. The summed E-state index contributed by atoms with van der Waals surface area (Å²) in [5, 5.41) is 13.3. The first kappa shape index (κ1) is 20.0. The molecule has 2 atom stereocenters. The number of benzene rings is 1. The van der Waals surface area contributed by atoms with Crippen LogP contribution in [0.25, 0.3) is 23.3 Å². The van der Waals surface area contributed by atoms with Gasteiger partial charge in [-0.15, -0.1) is 11.3 Å². The van der Waals surface area contributed by atoms with E-state index in [0.717, 1.165) is 23.0 Å². The lowest BCUT2D eigenvalue weighted by Gasteiger charge is -2.21. The molecule has 1 aliphatic rings. The average Bonchev–Trinajstić information content (AvgIpc) is 3.40. The summed E-state index contributed by atoms with van der Waals surface area (Å²) in [6.45, 7) is 1.57. The van der Waals surface area contributed by atoms with E-state index >= 15 is 0 Å². The Bertz CT molecular complexity index is 964. The SMILES string of the molecule is OCC(CF)COc1ccc2nc(C=Cc3cnc(C4CNCCO4)s3)oc2c1. The minimum absolute atomic E-state index is 0.00136. The molecule has 154 valence electrons. The van der Waals surface area contributed by atoms with Crippen molar-refractivity contribution in [2.45, 2.75) is 6.10 Å². The highest BCUT2D eigenvalue weighted by Crippen LogP contribution is 2.26. The number of hydrogen-bond acceptors (Lipinski definition) is 8. The summed E-state index contributed by atoms with van der Waals surface area (Å²) in [5.41, 5.74) is 1.28. The summed E-state index contributed by atoms with van der Waals surface area (Å²) in [6.07, 6.45) is 5.52. The van der Waals surface area contributed by atoms with Crippen LogP contribution in [-0.2, 0) is 4.74 Å². The monoisotopic (exact) mass is 419 g/mol. The van der Waals surface area contributed by atoms with Crippen molar-refractivity contribution in [1.82, 2.24) is 15.3 Å². The minimum atomic E-state index is -0.626. The summed E-state index contributed by atoms with van der Waals surface area (Å²) in [5.74, 6) is 0.488. The van der Waals surface area contributed by atoms with Gasteiger partial charge in [0.1, 0.15) is 22.4 Å². The van der Waals surface area contributed by atoms with E-state index in [1.165, 1.54) is 0 Å². The molecule has 0 amide bonds. The number of rotatable bonds is 8. The van der Waals surface area contributed by atoms with E-state index < -0.39 is 12.6 Å². The zero-order valence-electron chi connectivity index (χ0n) is 15.7. The molecule has 1 fully saturated rings. The molecule has 0 saturated carbocycles. The zero-order chi connectivity index (χ0) is 20.1. The van der Waals surface area contributed by atoms with Gasteiger partial charge in [0, 0.05) is 42.2 Å². The highest BCUT2D eigenvalue weighted by Gasteiger charge is 2.18. The quantitative estimate of drug-likeness (QED) is 0.580. The molecule has 3 aromatic rings. The maximum Gasteiger partial charge on any atom is 0.220 e. The normalized spacial score (nSPS) is 18.5. The fraction of sp³-hybridized carbons (Fsp3) is 0.400. The smallest absolute Gasteiger partial charge is 0.220 e. The van der Waals surface area contributed by atoms with Crippen LogP contribution in [0.2, 0.25) is 0 Å². The molecule has 0 radical (unpaired) electrons. The molecule has 0 spiro atoms. The molecule has 0 aliphatic carbocycles. The maximum atomic E-state index is 12.7. The molecule has 2 aromatic heterocycles. The third-order valence-electron chi connectivity index (χ3n) is 4.47. The number of oxazole rings is 1. The second-order valence-corrected chi connectivity index (χ2v) is 7.79. The van der Waals surface area contributed by atoms with Crippen molar-refractivity contribution < 1.29 is 23.4 Å². The number of nitrogens with one attached hydrogen (secondary N) is 1. The third kappa shape index (κ3) is 4.99. The number of thiazole rings is 1. The molecule has 7 nitrogen and oxygen atoms in total. The number of alkyl halides is 1. The van der Waals surface area contributed by atoms with E-state index in [0.29, 0.717) is 29.3 Å². The standard InChI is InChI=1S/C20H22FN3O4S/c21-8-13(11-25)12-27-14-1-3-16-17(7-14)28-19(24-16)4-2-15-9-23-20(29-15)18-10-22-5-6-26-18/h1-4,7,9,13,18,22,25H,5-6,8,10-12H2. The van der Waals surface area contributed by atoms with Gasteiger partial charge in [0.25, 0.3) is 0 Å². The number of nitrogens with zero attached hydrogens (tertiary/aromatic N) is 2. The number of ether oxygens (including phenoxy) is 2. The van der Waals surface area contributed by atoms with E-state index in [4.69, 9.17) is 19.0 Å². The summed E-state index contributed by atoms with van der Waals surface area (Å²) in [6, 6.07) is 5.25. The first-order valence-electron chi connectivity index (χ1n) is 9.41. The summed E-state index contributed by atoms with van der Waals surface area (Å²) in [7, 11) is 0. The molecule has 1 aliphatic heterocycles. The minimum Gasteiger partial charge on any atom is -0.493 e. The van der Waals surface area contributed by atoms with Crippen LogP contribution in [0.15, 0.2) is 28.8 Å². The number of fused-ring (bicyclic) bond motifs is 1. The van der Waals surface area contributed by atoms with Crippen LogP contribution in [0.1, 0.15) is 21.9 Å². The molecule has 4 rings (SSSR count). The molecule has 1 saturated heterocycles. The Hall–Kier alpha value is -2.33. The Kier molecular flexibility index (Phi) is 6.50. The van der Waals surface area contributed by atoms with Crippen LogP contribution in [-0.4, -0.2) is 54.7 Å². The second-order valence-electron chi connectivity index (χ2n) is 6.69. The van der Waals surface area contributed by atoms with Gasteiger partial charge < -0.3 is 24.3 Å². The van der Waals surface area contributed by atoms with Crippen LogP contribution in [0.3, 0.4) is 0 Å². The molecule has 0 bridgehead atoms. The van der Waals surface area contributed by atoms with Gasteiger partial charge in [-0.1, -0.05) is 0 Å². The first-order chi connectivity index (χ1) is 14.2. The van der Waals surface area contributed by atoms with Crippen molar-refractivity contribution in [3.63, 3.8) is 0 Å². The van der Waals surface area contributed by atoms with Gasteiger partial charge >= 0.3 is 0 Å². The average molecular weight is 419 g/mol. The van der Waals surface area contributed by atoms with Crippen molar-refractivity contribution in [3.05, 3.63) is 40.2 Å². The van der Waals surface area contributed by atoms with Gasteiger partial charge in [-0.05, 0) is 18.2 Å². The Balaban J connectivity index is 1.42. The molecule has 2 unspecified atom stereocenters. The molecular weight excluding hydrogens is 397 g/mol. The largest absolute Gasteiger partial charge is 0.493 e. The van der Waals surface area contributed by atoms with Gasteiger partial charge in [0.15, 0.2) is 5.58 Å². The fourth-order valence-corrected chi connectivity index (χ4v) is 3.72. The number of aromatic nitrogens is 2. The Morgan fingerprint density at radius 3 is 3.14 bits per heavy atom. The topological polar surface area (TPSA) is 89.6 Å². The van der Waals surface area contributed by atoms with Crippen molar-refractivity contribution in [1.29, 1.82) is 0 Å². The maximum absolute atomic E-state index is 12.7. The molecule has 29 heavy (non-hydrogen) atoms. The lowest BCUT2D eigenvalue weighted by Crippen LogP contribution is -2.33. The van der Waals surface area contributed by atoms with E-state index in [-0.39, 0.29) is 19.3 Å². The van der Waals surface area contributed by atoms with Crippen molar-refractivity contribution in [2.24, 2.45) is 5.92 Å². The van der Waals surface area contributed by atoms with Crippen LogP contribution in [0, 0.1) is 5.92 Å². The molecule has 3 heterocycles. The highest BCUT2D eigenvalue weighted by molar-refractivity contribution is 7.12. The zero-order valence-corrected chi connectivity index (χ0v) is 16.5. The van der Waals surface area contributed by atoms with E-state index in [2.05, 4.69) is 15.3 Å². The predicted molar refractivity (Wildman–Crippen MR) is 109 cm³/mol.